The number of rotatable bonds is 4. The van der Waals surface area contributed by atoms with Gasteiger partial charge in [0.05, 0.1) is 24.4 Å². The molecule has 2 saturated heterocycles. The molecule has 0 atom stereocenters. The van der Waals surface area contributed by atoms with Gasteiger partial charge in [0.2, 0.25) is 0 Å². The number of H-pyrrole nitrogens is 1. The van der Waals surface area contributed by atoms with Gasteiger partial charge in [-0.2, -0.15) is 0 Å². The molecule has 2 aromatic carbocycles. The Morgan fingerprint density at radius 3 is 2.38 bits per heavy atom. The van der Waals surface area contributed by atoms with Gasteiger partial charge in [-0.05, 0) is 55.8 Å². The van der Waals surface area contributed by atoms with Gasteiger partial charge in [0, 0.05) is 66.7 Å². The summed E-state index contributed by atoms with van der Waals surface area (Å²) < 4.78 is 5.38. The average Bonchev–Trinajstić information content (AvgIpc) is 3.64. The SMILES string of the molecule is CN1CCN(c2ccc(-c3cc4c(-c5ccc(C(=O)N6CCOCC6)cc5)c[nH]c4nn3)cc2)C2(CCCC2)C1. The third kappa shape index (κ3) is 4.55. The summed E-state index contributed by atoms with van der Waals surface area (Å²) in [7, 11) is 2.25. The van der Waals surface area contributed by atoms with Gasteiger partial charge in [-0.25, -0.2) is 0 Å². The second-order valence-electron chi connectivity index (χ2n) is 11.5. The van der Waals surface area contributed by atoms with Gasteiger partial charge < -0.3 is 24.4 Å². The molecule has 4 aromatic rings. The molecule has 206 valence electrons. The molecule has 1 N–H and O–H groups in total. The van der Waals surface area contributed by atoms with E-state index in [1.54, 1.807) is 0 Å². The second kappa shape index (κ2) is 10.3. The van der Waals surface area contributed by atoms with Gasteiger partial charge >= 0.3 is 0 Å². The number of aromatic nitrogens is 3. The first kappa shape index (κ1) is 25.2. The molecule has 2 aliphatic heterocycles. The molecule has 2 aromatic heterocycles. The number of carbonyl (C=O) groups excluding carboxylic acids is 1. The number of hydrogen-bond acceptors (Lipinski definition) is 6. The zero-order valence-corrected chi connectivity index (χ0v) is 23.1. The van der Waals surface area contributed by atoms with Crippen LogP contribution in [0.25, 0.3) is 33.4 Å². The van der Waals surface area contributed by atoms with E-state index in [2.05, 4.69) is 62.4 Å². The van der Waals surface area contributed by atoms with Crippen molar-refractivity contribution >= 4 is 22.6 Å². The highest BCUT2D eigenvalue weighted by Crippen LogP contribution is 2.41. The summed E-state index contributed by atoms with van der Waals surface area (Å²) in [4.78, 5) is 23.1. The number of nitrogens with one attached hydrogen (secondary N) is 1. The van der Waals surface area contributed by atoms with E-state index in [1.165, 1.54) is 31.4 Å². The number of amides is 1. The van der Waals surface area contributed by atoms with E-state index in [-0.39, 0.29) is 11.4 Å². The second-order valence-corrected chi connectivity index (χ2v) is 11.5. The zero-order chi connectivity index (χ0) is 27.1. The minimum Gasteiger partial charge on any atom is -0.378 e. The molecule has 40 heavy (non-hydrogen) atoms. The average molecular weight is 537 g/mol. The quantitative estimate of drug-likeness (QED) is 0.403. The Balaban J connectivity index is 1.14. The molecule has 4 heterocycles. The third-order valence-corrected chi connectivity index (χ3v) is 9.03. The van der Waals surface area contributed by atoms with Crippen molar-refractivity contribution in [3.8, 4) is 22.4 Å². The maximum atomic E-state index is 12.9. The maximum absolute atomic E-state index is 12.9. The minimum atomic E-state index is 0.0563. The smallest absolute Gasteiger partial charge is 0.254 e. The summed E-state index contributed by atoms with van der Waals surface area (Å²) in [5, 5.41) is 10.0. The Hall–Kier alpha value is -3.75. The van der Waals surface area contributed by atoms with Crippen LogP contribution < -0.4 is 4.90 Å². The third-order valence-electron chi connectivity index (χ3n) is 9.03. The lowest BCUT2D eigenvalue weighted by molar-refractivity contribution is 0.0303. The van der Waals surface area contributed by atoms with Crippen LogP contribution in [0.2, 0.25) is 0 Å². The van der Waals surface area contributed by atoms with Crippen LogP contribution in [-0.2, 0) is 4.74 Å². The fourth-order valence-electron chi connectivity index (χ4n) is 6.89. The summed E-state index contributed by atoms with van der Waals surface area (Å²) in [6.45, 7) is 5.80. The van der Waals surface area contributed by atoms with Gasteiger partial charge in [0.1, 0.15) is 0 Å². The van der Waals surface area contributed by atoms with Crippen molar-refractivity contribution in [1.82, 2.24) is 25.0 Å². The number of ether oxygens (including phenoxy) is 1. The Bertz CT molecular complexity index is 1500. The van der Waals surface area contributed by atoms with Crippen LogP contribution in [0.3, 0.4) is 0 Å². The Morgan fingerprint density at radius 1 is 0.900 bits per heavy atom. The molecular weight excluding hydrogens is 500 g/mol. The monoisotopic (exact) mass is 536 g/mol. The van der Waals surface area contributed by atoms with Gasteiger partial charge in [-0.15, -0.1) is 10.2 Å². The van der Waals surface area contributed by atoms with Crippen LogP contribution in [0, 0.1) is 0 Å². The predicted molar refractivity (Wildman–Crippen MR) is 158 cm³/mol. The van der Waals surface area contributed by atoms with Crippen molar-refractivity contribution in [2.45, 2.75) is 31.2 Å². The van der Waals surface area contributed by atoms with Crippen molar-refractivity contribution in [2.75, 3.05) is 57.9 Å². The number of morpholine rings is 1. The van der Waals surface area contributed by atoms with Crippen molar-refractivity contribution in [3.05, 3.63) is 66.4 Å². The molecule has 3 fully saturated rings. The largest absolute Gasteiger partial charge is 0.378 e. The normalized spacial score (nSPS) is 19.5. The number of hydrogen-bond donors (Lipinski definition) is 1. The van der Waals surface area contributed by atoms with E-state index in [0.717, 1.165) is 53.1 Å². The van der Waals surface area contributed by atoms with E-state index in [0.29, 0.717) is 31.9 Å². The van der Waals surface area contributed by atoms with Crippen molar-refractivity contribution < 1.29 is 9.53 Å². The molecule has 1 amide bonds. The van der Waals surface area contributed by atoms with Crippen molar-refractivity contribution in [3.63, 3.8) is 0 Å². The number of nitrogens with zero attached hydrogens (tertiary/aromatic N) is 5. The predicted octanol–water partition coefficient (Wildman–Crippen LogP) is 4.83. The number of piperazine rings is 1. The Kier molecular flexibility index (Phi) is 6.52. The zero-order valence-electron chi connectivity index (χ0n) is 23.1. The molecule has 0 radical (unpaired) electrons. The standard InChI is InChI=1S/C32H36N6O2/c1-36-14-15-38(32(22-36)12-2-3-13-32)26-10-8-24(9-11-26)29-20-27-28(21-33-30(27)35-34-29)23-4-6-25(7-5-23)31(39)37-16-18-40-19-17-37/h4-11,20-21H,2-3,12-19,22H2,1H3,(H,33,35). The maximum Gasteiger partial charge on any atom is 0.254 e. The van der Waals surface area contributed by atoms with E-state index in [1.807, 2.05) is 35.4 Å². The summed E-state index contributed by atoms with van der Waals surface area (Å²) >= 11 is 0. The van der Waals surface area contributed by atoms with Gasteiger partial charge in [0.15, 0.2) is 5.65 Å². The van der Waals surface area contributed by atoms with Gasteiger partial charge in [-0.1, -0.05) is 37.1 Å². The number of carbonyl (C=O) groups is 1. The van der Waals surface area contributed by atoms with Crippen LogP contribution in [0.15, 0.2) is 60.8 Å². The number of benzene rings is 2. The van der Waals surface area contributed by atoms with Gasteiger partial charge in [0.25, 0.3) is 5.91 Å². The Labute approximate surface area is 234 Å². The lowest BCUT2D eigenvalue weighted by atomic mass is 9.91. The van der Waals surface area contributed by atoms with Gasteiger partial charge in [-0.3, -0.25) is 4.79 Å². The van der Waals surface area contributed by atoms with E-state index < -0.39 is 0 Å². The lowest BCUT2D eigenvalue weighted by Crippen LogP contribution is -2.60. The summed E-state index contributed by atoms with van der Waals surface area (Å²) in [5.41, 5.74) is 7.04. The van der Waals surface area contributed by atoms with E-state index in [4.69, 9.17) is 4.74 Å². The van der Waals surface area contributed by atoms with Crippen LogP contribution in [0.5, 0.6) is 0 Å². The van der Waals surface area contributed by atoms with E-state index in [9.17, 15) is 4.79 Å². The molecular formula is C32H36N6O2. The lowest BCUT2D eigenvalue weighted by Gasteiger charge is -2.50. The molecule has 8 heteroatoms. The highest BCUT2D eigenvalue weighted by atomic mass is 16.5. The molecule has 3 aliphatic rings. The molecule has 0 unspecified atom stereocenters. The molecule has 7 rings (SSSR count). The molecule has 1 spiro atoms. The van der Waals surface area contributed by atoms with Crippen LogP contribution in [-0.4, -0.2) is 89.4 Å². The minimum absolute atomic E-state index is 0.0563. The summed E-state index contributed by atoms with van der Waals surface area (Å²) in [6.07, 6.45) is 7.17. The van der Waals surface area contributed by atoms with Crippen LogP contribution in [0.4, 0.5) is 5.69 Å². The number of fused-ring (bicyclic) bond motifs is 1. The number of aromatic amines is 1. The highest BCUT2D eigenvalue weighted by Gasteiger charge is 2.42. The number of anilines is 1. The van der Waals surface area contributed by atoms with Crippen molar-refractivity contribution in [1.29, 1.82) is 0 Å². The fourth-order valence-corrected chi connectivity index (χ4v) is 6.89. The number of likely N-dealkylation sites (N-methyl/N-ethyl adjacent to an activating group) is 1. The van der Waals surface area contributed by atoms with Crippen LogP contribution in [0.1, 0.15) is 36.0 Å². The van der Waals surface area contributed by atoms with Crippen LogP contribution >= 0.6 is 0 Å². The summed E-state index contributed by atoms with van der Waals surface area (Å²) in [6, 6.07) is 18.9. The highest BCUT2D eigenvalue weighted by molar-refractivity contribution is 5.97. The molecule has 8 nitrogen and oxygen atoms in total. The molecule has 0 bridgehead atoms. The molecule has 1 aliphatic carbocycles. The Morgan fingerprint density at radius 2 is 1.62 bits per heavy atom. The van der Waals surface area contributed by atoms with Crippen molar-refractivity contribution in [2.24, 2.45) is 0 Å². The molecule has 1 saturated carbocycles. The first-order valence-electron chi connectivity index (χ1n) is 14.5. The first-order valence-corrected chi connectivity index (χ1v) is 14.5. The fraction of sp³-hybridized carbons (Fsp3) is 0.406. The summed E-state index contributed by atoms with van der Waals surface area (Å²) in [5.74, 6) is 0.0563. The topological polar surface area (TPSA) is 77.6 Å². The first-order chi connectivity index (χ1) is 19.6. The van der Waals surface area contributed by atoms with E-state index >= 15 is 0 Å².